The smallest absolute Gasteiger partial charge is 0.269 e. The SMILES string of the molecule is CCOc1cc(/C=C(/C#N)C(=O)Nc2ccc(Br)cc2)ccc1OCc1cccc([N+](=O)[O-])c1. The fourth-order valence-corrected chi connectivity index (χ4v) is 3.23. The Labute approximate surface area is 204 Å². The molecule has 0 fully saturated rings. The van der Waals surface area contributed by atoms with Crippen molar-refractivity contribution in [3.05, 3.63) is 98.0 Å². The van der Waals surface area contributed by atoms with Crippen molar-refractivity contribution in [2.75, 3.05) is 11.9 Å². The molecule has 0 aliphatic rings. The fourth-order valence-electron chi connectivity index (χ4n) is 2.97. The van der Waals surface area contributed by atoms with E-state index in [9.17, 15) is 20.2 Å². The van der Waals surface area contributed by atoms with E-state index in [1.807, 2.05) is 13.0 Å². The summed E-state index contributed by atoms with van der Waals surface area (Å²) in [5.74, 6) is 0.324. The number of hydrogen-bond acceptors (Lipinski definition) is 6. The number of nitro benzene ring substituents is 1. The second kappa shape index (κ2) is 11.6. The lowest BCUT2D eigenvalue weighted by molar-refractivity contribution is -0.384. The summed E-state index contributed by atoms with van der Waals surface area (Å²) in [5, 5.41) is 23.1. The summed E-state index contributed by atoms with van der Waals surface area (Å²) < 4.78 is 12.3. The molecular formula is C25H20BrN3O5. The van der Waals surface area contributed by atoms with Gasteiger partial charge in [0.25, 0.3) is 11.6 Å². The third-order valence-corrected chi connectivity index (χ3v) is 5.09. The second-order valence-electron chi connectivity index (χ2n) is 6.99. The maximum Gasteiger partial charge on any atom is 0.269 e. The minimum Gasteiger partial charge on any atom is -0.490 e. The van der Waals surface area contributed by atoms with E-state index in [4.69, 9.17) is 9.47 Å². The van der Waals surface area contributed by atoms with Crippen molar-refractivity contribution in [1.29, 1.82) is 5.26 Å². The van der Waals surface area contributed by atoms with Gasteiger partial charge in [-0.3, -0.25) is 14.9 Å². The number of nitriles is 1. The van der Waals surface area contributed by atoms with Crippen molar-refractivity contribution < 1.29 is 19.2 Å². The number of rotatable bonds is 9. The first-order valence-electron chi connectivity index (χ1n) is 10.2. The van der Waals surface area contributed by atoms with Crippen molar-refractivity contribution in [1.82, 2.24) is 0 Å². The molecule has 0 heterocycles. The van der Waals surface area contributed by atoms with Crippen LogP contribution in [0.3, 0.4) is 0 Å². The van der Waals surface area contributed by atoms with Crippen molar-refractivity contribution in [3.63, 3.8) is 0 Å². The predicted molar refractivity (Wildman–Crippen MR) is 131 cm³/mol. The summed E-state index contributed by atoms with van der Waals surface area (Å²) in [6.07, 6.45) is 1.46. The topological polar surface area (TPSA) is 114 Å². The maximum atomic E-state index is 12.5. The highest BCUT2D eigenvalue weighted by Gasteiger charge is 2.12. The Balaban J connectivity index is 1.77. The van der Waals surface area contributed by atoms with Gasteiger partial charge in [0, 0.05) is 22.3 Å². The standard InChI is InChI=1S/C25H20BrN3O5/c1-2-33-24-14-17(12-19(15-27)25(30)28-21-9-7-20(26)8-10-21)6-11-23(24)34-16-18-4-3-5-22(13-18)29(31)32/h3-14H,2,16H2,1H3,(H,28,30)/b19-12-. The lowest BCUT2D eigenvalue weighted by atomic mass is 10.1. The Morgan fingerprint density at radius 3 is 2.56 bits per heavy atom. The highest BCUT2D eigenvalue weighted by molar-refractivity contribution is 9.10. The van der Waals surface area contributed by atoms with Crippen LogP contribution in [0.2, 0.25) is 0 Å². The van der Waals surface area contributed by atoms with E-state index in [-0.39, 0.29) is 17.9 Å². The van der Waals surface area contributed by atoms with Crippen LogP contribution in [-0.4, -0.2) is 17.4 Å². The first-order chi connectivity index (χ1) is 16.4. The van der Waals surface area contributed by atoms with Gasteiger partial charge in [0.2, 0.25) is 0 Å². The van der Waals surface area contributed by atoms with Gasteiger partial charge in [-0.15, -0.1) is 0 Å². The number of ether oxygens (including phenoxy) is 2. The monoisotopic (exact) mass is 521 g/mol. The van der Waals surface area contributed by atoms with E-state index in [0.29, 0.717) is 34.9 Å². The number of amides is 1. The quantitative estimate of drug-likeness (QED) is 0.162. The molecule has 0 radical (unpaired) electrons. The van der Waals surface area contributed by atoms with Gasteiger partial charge in [-0.2, -0.15) is 5.26 Å². The zero-order valence-corrected chi connectivity index (χ0v) is 19.7. The molecule has 1 N–H and O–H groups in total. The first kappa shape index (κ1) is 24.5. The van der Waals surface area contributed by atoms with E-state index < -0.39 is 10.8 Å². The zero-order valence-electron chi connectivity index (χ0n) is 18.2. The molecule has 34 heavy (non-hydrogen) atoms. The molecule has 9 heteroatoms. The van der Waals surface area contributed by atoms with Crippen LogP contribution in [0.4, 0.5) is 11.4 Å². The van der Waals surface area contributed by atoms with Gasteiger partial charge < -0.3 is 14.8 Å². The van der Waals surface area contributed by atoms with Gasteiger partial charge in [-0.05, 0) is 60.5 Å². The third kappa shape index (κ3) is 6.67. The molecule has 8 nitrogen and oxygen atoms in total. The van der Waals surface area contributed by atoms with Crippen LogP contribution in [0.5, 0.6) is 11.5 Å². The molecule has 3 rings (SSSR count). The summed E-state index contributed by atoms with van der Waals surface area (Å²) in [6, 6.07) is 20.1. The first-order valence-corrected chi connectivity index (χ1v) is 11.0. The van der Waals surface area contributed by atoms with Crippen LogP contribution in [-0.2, 0) is 11.4 Å². The molecule has 0 unspecified atom stereocenters. The molecule has 0 atom stereocenters. The van der Waals surface area contributed by atoms with Crippen LogP contribution < -0.4 is 14.8 Å². The molecule has 0 aliphatic heterocycles. The maximum absolute atomic E-state index is 12.5. The highest BCUT2D eigenvalue weighted by Crippen LogP contribution is 2.30. The summed E-state index contributed by atoms with van der Waals surface area (Å²) in [5.41, 5.74) is 1.69. The number of anilines is 1. The Bertz CT molecular complexity index is 1270. The number of nitrogens with zero attached hydrogens (tertiary/aromatic N) is 2. The van der Waals surface area contributed by atoms with Crippen LogP contribution in [0, 0.1) is 21.4 Å². The number of carbonyl (C=O) groups excluding carboxylic acids is 1. The van der Waals surface area contributed by atoms with Gasteiger partial charge in [0.1, 0.15) is 18.2 Å². The minimum absolute atomic E-state index is 0.0166. The van der Waals surface area contributed by atoms with Gasteiger partial charge in [0.05, 0.1) is 11.5 Å². The van der Waals surface area contributed by atoms with Crippen LogP contribution in [0.1, 0.15) is 18.1 Å². The van der Waals surface area contributed by atoms with Crippen molar-refractivity contribution in [2.24, 2.45) is 0 Å². The van der Waals surface area contributed by atoms with E-state index in [2.05, 4.69) is 21.2 Å². The van der Waals surface area contributed by atoms with Crippen LogP contribution >= 0.6 is 15.9 Å². The normalized spacial score (nSPS) is 10.8. The minimum atomic E-state index is -0.534. The number of benzene rings is 3. The van der Waals surface area contributed by atoms with Gasteiger partial charge in [0.15, 0.2) is 11.5 Å². The van der Waals surface area contributed by atoms with Crippen molar-refractivity contribution >= 4 is 39.3 Å². The van der Waals surface area contributed by atoms with Crippen LogP contribution in [0.15, 0.2) is 76.8 Å². The lowest BCUT2D eigenvalue weighted by Crippen LogP contribution is -2.13. The molecule has 3 aromatic carbocycles. The Kier molecular flexibility index (Phi) is 8.37. The molecule has 0 spiro atoms. The largest absolute Gasteiger partial charge is 0.490 e. The number of hydrogen-bond donors (Lipinski definition) is 1. The summed E-state index contributed by atoms with van der Waals surface area (Å²) in [4.78, 5) is 23.0. The Hall–Kier alpha value is -4.16. The van der Waals surface area contributed by atoms with Gasteiger partial charge >= 0.3 is 0 Å². The summed E-state index contributed by atoms with van der Waals surface area (Å²) in [7, 11) is 0. The average Bonchev–Trinajstić information content (AvgIpc) is 2.83. The zero-order chi connectivity index (χ0) is 24.5. The second-order valence-corrected chi connectivity index (χ2v) is 7.90. The summed E-state index contributed by atoms with van der Waals surface area (Å²) >= 11 is 3.33. The third-order valence-electron chi connectivity index (χ3n) is 4.56. The van der Waals surface area contributed by atoms with Crippen molar-refractivity contribution in [2.45, 2.75) is 13.5 Å². The molecule has 0 saturated heterocycles. The number of carbonyl (C=O) groups is 1. The molecular weight excluding hydrogens is 502 g/mol. The molecule has 1 amide bonds. The molecule has 0 bridgehead atoms. The molecule has 3 aromatic rings. The molecule has 0 aliphatic carbocycles. The van der Waals surface area contributed by atoms with E-state index in [0.717, 1.165) is 4.47 Å². The van der Waals surface area contributed by atoms with E-state index >= 15 is 0 Å². The van der Waals surface area contributed by atoms with E-state index in [1.165, 1.54) is 18.2 Å². The van der Waals surface area contributed by atoms with Gasteiger partial charge in [-0.1, -0.05) is 34.1 Å². The number of halogens is 1. The molecule has 0 aromatic heterocycles. The molecule has 172 valence electrons. The Morgan fingerprint density at radius 2 is 1.88 bits per heavy atom. The Morgan fingerprint density at radius 1 is 1.12 bits per heavy atom. The number of non-ortho nitro benzene ring substituents is 1. The number of nitrogens with one attached hydrogen (secondary N) is 1. The van der Waals surface area contributed by atoms with E-state index in [1.54, 1.807) is 54.6 Å². The van der Waals surface area contributed by atoms with Gasteiger partial charge in [-0.25, -0.2) is 0 Å². The molecule has 0 saturated carbocycles. The summed E-state index contributed by atoms with van der Waals surface area (Å²) in [6.45, 7) is 2.30. The fraction of sp³-hybridized carbons (Fsp3) is 0.120. The lowest BCUT2D eigenvalue weighted by Gasteiger charge is -2.13. The average molecular weight is 522 g/mol. The van der Waals surface area contributed by atoms with Crippen molar-refractivity contribution in [3.8, 4) is 17.6 Å². The van der Waals surface area contributed by atoms with Crippen LogP contribution in [0.25, 0.3) is 6.08 Å². The highest BCUT2D eigenvalue weighted by atomic mass is 79.9. The predicted octanol–water partition coefficient (Wildman–Crippen LogP) is 5.88. The number of nitro groups is 1.